The van der Waals surface area contributed by atoms with E-state index in [0.29, 0.717) is 25.1 Å². The second-order valence-corrected chi connectivity index (χ2v) is 6.34. The lowest BCUT2D eigenvalue weighted by Gasteiger charge is -2.28. The number of carbonyl (C=O) groups is 1. The third-order valence-electron chi connectivity index (χ3n) is 4.68. The van der Waals surface area contributed by atoms with Crippen molar-refractivity contribution in [1.82, 2.24) is 20.2 Å². The van der Waals surface area contributed by atoms with Crippen molar-refractivity contribution in [3.8, 4) is 0 Å². The predicted octanol–water partition coefficient (Wildman–Crippen LogP) is 2.24. The van der Waals surface area contributed by atoms with Gasteiger partial charge in [0, 0.05) is 36.8 Å². The van der Waals surface area contributed by atoms with Crippen LogP contribution in [0, 0.1) is 5.82 Å². The van der Waals surface area contributed by atoms with E-state index >= 15 is 0 Å². The average Bonchev–Trinajstić information content (AvgIpc) is 3.15. The second kappa shape index (κ2) is 6.28. The van der Waals surface area contributed by atoms with Crippen molar-refractivity contribution in [1.29, 1.82) is 0 Å². The first kappa shape index (κ1) is 15.2. The van der Waals surface area contributed by atoms with Gasteiger partial charge in [-0.15, -0.1) is 0 Å². The zero-order valence-electron chi connectivity index (χ0n) is 13.3. The molecule has 6 heteroatoms. The molecule has 1 atom stereocenters. The van der Waals surface area contributed by atoms with E-state index in [1.807, 2.05) is 6.20 Å². The number of benzene rings is 1. The zero-order chi connectivity index (χ0) is 16.5. The number of hydrogen-bond donors (Lipinski definition) is 1. The Morgan fingerprint density at radius 3 is 3.08 bits per heavy atom. The van der Waals surface area contributed by atoms with Crippen LogP contribution in [0.15, 0.2) is 30.5 Å². The lowest BCUT2D eigenvalue weighted by atomic mass is 10.1. The molecule has 1 saturated heterocycles. The first-order valence-corrected chi connectivity index (χ1v) is 8.33. The number of fused-ring (bicyclic) bond motifs is 1. The fourth-order valence-corrected chi connectivity index (χ4v) is 3.38. The van der Waals surface area contributed by atoms with Gasteiger partial charge in [0.25, 0.3) is 5.91 Å². The van der Waals surface area contributed by atoms with Crippen molar-refractivity contribution >= 4 is 5.91 Å². The SMILES string of the molecule is O=C(c1cccc(F)c1)N1CCc2nc([C@H]3CCCN3)ncc2C1. The number of rotatable bonds is 2. The molecule has 0 spiro atoms. The summed E-state index contributed by atoms with van der Waals surface area (Å²) in [6.07, 6.45) is 4.77. The molecule has 24 heavy (non-hydrogen) atoms. The second-order valence-electron chi connectivity index (χ2n) is 6.34. The number of nitrogens with zero attached hydrogens (tertiary/aromatic N) is 3. The molecule has 0 aliphatic carbocycles. The van der Waals surface area contributed by atoms with Crippen molar-refractivity contribution in [2.24, 2.45) is 0 Å². The molecule has 1 amide bonds. The molecule has 0 unspecified atom stereocenters. The maximum Gasteiger partial charge on any atom is 0.254 e. The van der Waals surface area contributed by atoms with Crippen LogP contribution in [0.1, 0.15) is 46.3 Å². The molecule has 2 aliphatic rings. The number of nitrogens with one attached hydrogen (secondary N) is 1. The number of amides is 1. The fourth-order valence-electron chi connectivity index (χ4n) is 3.38. The van der Waals surface area contributed by atoms with E-state index < -0.39 is 5.82 Å². The van der Waals surface area contributed by atoms with Crippen molar-refractivity contribution in [3.05, 3.63) is 58.9 Å². The van der Waals surface area contributed by atoms with Gasteiger partial charge in [0.05, 0.1) is 11.7 Å². The minimum Gasteiger partial charge on any atom is -0.334 e. The first-order chi connectivity index (χ1) is 11.7. The van der Waals surface area contributed by atoms with Crippen LogP contribution in [-0.4, -0.2) is 33.9 Å². The van der Waals surface area contributed by atoms with Gasteiger partial charge in [0.15, 0.2) is 0 Å². The molecule has 0 bridgehead atoms. The highest BCUT2D eigenvalue weighted by molar-refractivity contribution is 5.94. The smallest absolute Gasteiger partial charge is 0.254 e. The van der Waals surface area contributed by atoms with Crippen molar-refractivity contribution in [3.63, 3.8) is 0 Å². The van der Waals surface area contributed by atoms with Gasteiger partial charge in [-0.05, 0) is 37.6 Å². The summed E-state index contributed by atoms with van der Waals surface area (Å²) in [6.45, 7) is 2.08. The first-order valence-electron chi connectivity index (χ1n) is 8.33. The van der Waals surface area contributed by atoms with Gasteiger partial charge < -0.3 is 10.2 Å². The van der Waals surface area contributed by atoms with Crippen molar-refractivity contribution in [2.75, 3.05) is 13.1 Å². The standard InChI is InChI=1S/C18H19FN4O/c19-14-4-1-3-12(9-14)18(24)23-8-6-15-13(11-23)10-21-17(22-15)16-5-2-7-20-16/h1,3-4,9-10,16,20H,2,5-8,11H2/t16-/m1/s1. The van der Waals surface area contributed by atoms with Crippen LogP contribution in [0.5, 0.6) is 0 Å². The van der Waals surface area contributed by atoms with Gasteiger partial charge >= 0.3 is 0 Å². The summed E-state index contributed by atoms with van der Waals surface area (Å²) >= 11 is 0. The maximum absolute atomic E-state index is 13.3. The average molecular weight is 326 g/mol. The van der Waals surface area contributed by atoms with Crippen LogP contribution in [-0.2, 0) is 13.0 Å². The lowest BCUT2D eigenvalue weighted by molar-refractivity contribution is 0.0732. The van der Waals surface area contributed by atoms with Crippen LogP contribution in [0.4, 0.5) is 4.39 Å². The largest absolute Gasteiger partial charge is 0.334 e. The van der Waals surface area contributed by atoms with E-state index in [1.54, 1.807) is 17.0 Å². The van der Waals surface area contributed by atoms with Crippen LogP contribution >= 0.6 is 0 Å². The Bertz CT molecular complexity index is 773. The summed E-state index contributed by atoms with van der Waals surface area (Å²) in [6, 6.07) is 6.08. The van der Waals surface area contributed by atoms with E-state index in [9.17, 15) is 9.18 Å². The zero-order valence-corrected chi connectivity index (χ0v) is 13.3. The Kier molecular flexibility index (Phi) is 3.98. The Labute approximate surface area is 139 Å². The summed E-state index contributed by atoms with van der Waals surface area (Å²) in [5.41, 5.74) is 2.39. The number of carbonyl (C=O) groups excluding carboxylic acids is 1. The number of aromatic nitrogens is 2. The fraction of sp³-hybridized carbons (Fsp3) is 0.389. The molecule has 1 N–H and O–H groups in total. The van der Waals surface area contributed by atoms with Crippen LogP contribution in [0.25, 0.3) is 0 Å². The Morgan fingerprint density at radius 2 is 2.29 bits per heavy atom. The summed E-state index contributed by atoms with van der Waals surface area (Å²) in [4.78, 5) is 23.5. The summed E-state index contributed by atoms with van der Waals surface area (Å²) in [7, 11) is 0. The minimum absolute atomic E-state index is 0.151. The third-order valence-corrected chi connectivity index (χ3v) is 4.68. The van der Waals surface area contributed by atoms with Crippen LogP contribution in [0.2, 0.25) is 0 Å². The van der Waals surface area contributed by atoms with Crippen LogP contribution < -0.4 is 5.32 Å². The molecule has 4 rings (SSSR count). The maximum atomic E-state index is 13.3. The molecule has 2 aliphatic heterocycles. The van der Waals surface area contributed by atoms with Gasteiger partial charge in [0.1, 0.15) is 11.6 Å². The van der Waals surface area contributed by atoms with Crippen molar-refractivity contribution in [2.45, 2.75) is 31.8 Å². The van der Waals surface area contributed by atoms with Gasteiger partial charge in [-0.2, -0.15) is 0 Å². The Balaban J connectivity index is 1.52. The molecule has 3 heterocycles. The van der Waals surface area contributed by atoms with E-state index in [4.69, 9.17) is 4.98 Å². The highest BCUT2D eigenvalue weighted by Gasteiger charge is 2.25. The van der Waals surface area contributed by atoms with Crippen LogP contribution in [0.3, 0.4) is 0 Å². The summed E-state index contributed by atoms with van der Waals surface area (Å²) in [5, 5.41) is 3.41. The normalized spacial score (nSPS) is 20.0. The number of hydrogen-bond acceptors (Lipinski definition) is 4. The predicted molar refractivity (Wildman–Crippen MR) is 86.9 cm³/mol. The Morgan fingerprint density at radius 1 is 1.38 bits per heavy atom. The molecule has 124 valence electrons. The molecule has 0 saturated carbocycles. The quantitative estimate of drug-likeness (QED) is 0.919. The van der Waals surface area contributed by atoms with E-state index in [1.165, 1.54) is 12.1 Å². The third kappa shape index (κ3) is 2.89. The molecular formula is C18H19FN4O. The molecule has 1 fully saturated rings. The topological polar surface area (TPSA) is 58.1 Å². The van der Waals surface area contributed by atoms with E-state index in [-0.39, 0.29) is 11.9 Å². The molecule has 1 aromatic heterocycles. The van der Waals surface area contributed by atoms with Gasteiger partial charge in [0.2, 0.25) is 0 Å². The highest BCUT2D eigenvalue weighted by atomic mass is 19.1. The molecule has 2 aromatic rings. The van der Waals surface area contributed by atoms with Gasteiger partial charge in [-0.25, -0.2) is 14.4 Å². The van der Waals surface area contributed by atoms with E-state index in [0.717, 1.165) is 36.5 Å². The summed E-state index contributed by atoms with van der Waals surface area (Å²) in [5.74, 6) is 0.313. The highest BCUT2D eigenvalue weighted by Crippen LogP contribution is 2.23. The molecule has 0 radical (unpaired) electrons. The van der Waals surface area contributed by atoms with Crippen molar-refractivity contribution < 1.29 is 9.18 Å². The van der Waals surface area contributed by atoms with Gasteiger partial charge in [-0.3, -0.25) is 4.79 Å². The Hall–Kier alpha value is -2.34. The molecule has 1 aromatic carbocycles. The molecular weight excluding hydrogens is 307 g/mol. The summed E-state index contributed by atoms with van der Waals surface area (Å²) < 4.78 is 13.3. The minimum atomic E-state index is -0.393. The number of halogens is 1. The lowest BCUT2D eigenvalue weighted by Crippen LogP contribution is -2.36. The molecule has 5 nitrogen and oxygen atoms in total. The monoisotopic (exact) mass is 326 g/mol. The van der Waals surface area contributed by atoms with Gasteiger partial charge in [-0.1, -0.05) is 6.07 Å². The van der Waals surface area contributed by atoms with E-state index in [2.05, 4.69) is 10.3 Å².